The van der Waals surface area contributed by atoms with Crippen molar-refractivity contribution >= 4 is 5.97 Å². The topological polar surface area (TPSA) is 38.3 Å². The molecule has 2 rings (SSSR count). The quantitative estimate of drug-likeness (QED) is 0.571. The summed E-state index contributed by atoms with van der Waals surface area (Å²) in [5.41, 5.74) is 0. The van der Waals surface area contributed by atoms with Crippen LogP contribution in [0, 0.1) is 11.8 Å². The summed E-state index contributed by atoms with van der Waals surface area (Å²) in [6.07, 6.45) is 10.2. The zero-order chi connectivity index (χ0) is 11.4. The fourth-order valence-electron chi connectivity index (χ4n) is 2.30. The Bertz CT molecular complexity index is 271. The number of carbonyl (C=O) groups is 1. The van der Waals surface area contributed by atoms with Gasteiger partial charge in [0, 0.05) is 0 Å². The number of carbonyl (C=O) groups excluding carboxylic acids is 1. The van der Waals surface area contributed by atoms with Crippen LogP contribution in [0.1, 0.15) is 32.1 Å². The average Bonchev–Trinajstić information content (AvgIpc) is 3.14. The summed E-state index contributed by atoms with van der Waals surface area (Å²) in [5, 5.41) is 3.39. The van der Waals surface area contributed by atoms with Crippen molar-refractivity contribution in [3.05, 3.63) is 12.2 Å². The Morgan fingerprint density at radius 1 is 1.44 bits per heavy atom. The molecule has 0 amide bonds. The Kier molecular flexibility index (Phi) is 3.99. The third kappa shape index (κ3) is 3.08. The molecule has 90 valence electrons. The largest absolute Gasteiger partial charge is 0.468 e. The Balaban J connectivity index is 1.88. The maximum atomic E-state index is 11.7. The molecule has 2 unspecified atom stereocenters. The van der Waals surface area contributed by atoms with Crippen molar-refractivity contribution in [1.82, 2.24) is 5.32 Å². The second-order valence-corrected chi connectivity index (χ2v) is 4.90. The molecule has 0 aromatic carbocycles. The van der Waals surface area contributed by atoms with Gasteiger partial charge in [-0.05, 0) is 50.5 Å². The lowest BCUT2D eigenvalue weighted by molar-refractivity contribution is -0.144. The standard InChI is InChI=1S/C13H21NO2/c1-16-13(15)12(14-9-10-7-8-10)11-5-3-2-4-6-11/h2-3,10-12,14H,4-9H2,1H3. The lowest BCUT2D eigenvalue weighted by Crippen LogP contribution is -2.44. The van der Waals surface area contributed by atoms with E-state index in [0.717, 1.165) is 31.7 Å². The molecular weight excluding hydrogens is 202 g/mol. The summed E-state index contributed by atoms with van der Waals surface area (Å²) in [4.78, 5) is 11.7. The molecule has 1 fully saturated rings. The van der Waals surface area contributed by atoms with Gasteiger partial charge in [0.25, 0.3) is 0 Å². The minimum atomic E-state index is -0.101. The highest BCUT2D eigenvalue weighted by atomic mass is 16.5. The van der Waals surface area contributed by atoms with Gasteiger partial charge in [-0.1, -0.05) is 12.2 Å². The van der Waals surface area contributed by atoms with Crippen molar-refractivity contribution in [2.24, 2.45) is 11.8 Å². The first-order valence-corrected chi connectivity index (χ1v) is 6.27. The van der Waals surface area contributed by atoms with Crippen LogP contribution in [0.25, 0.3) is 0 Å². The highest BCUT2D eigenvalue weighted by molar-refractivity contribution is 5.76. The average molecular weight is 223 g/mol. The van der Waals surface area contributed by atoms with Crippen LogP contribution in [-0.2, 0) is 9.53 Å². The zero-order valence-electron chi connectivity index (χ0n) is 9.95. The molecule has 0 saturated heterocycles. The normalized spacial score (nSPS) is 26.4. The molecule has 16 heavy (non-hydrogen) atoms. The molecule has 0 radical (unpaired) electrons. The molecule has 1 saturated carbocycles. The summed E-state index contributed by atoms with van der Waals surface area (Å²) >= 11 is 0. The minimum Gasteiger partial charge on any atom is -0.468 e. The number of methoxy groups -OCH3 is 1. The fraction of sp³-hybridized carbons (Fsp3) is 0.769. The van der Waals surface area contributed by atoms with Gasteiger partial charge in [0.15, 0.2) is 0 Å². The number of allylic oxidation sites excluding steroid dienone is 2. The number of nitrogens with one attached hydrogen (secondary N) is 1. The van der Waals surface area contributed by atoms with E-state index in [-0.39, 0.29) is 12.0 Å². The first-order chi connectivity index (χ1) is 7.81. The summed E-state index contributed by atoms with van der Waals surface area (Å²) in [7, 11) is 1.48. The van der Waals surface area contributed by atoms with Gasteiger partial charge in [-0.25, -0.2) is 0 Å². The molecule has 2 aliphatic carbocycles. The minimum absolute atomic E-state index is 0.0963. The summed E-state index contributed by atoms with van der Waals surface area (Å²) in [6, 6.07) is -0.101. The molecule has 0 aliphatic heterocycles. The molecule has 2 atom stereocenters. The van der Waals surface area contributed by atoms with E-state index < -0.39 is 0 Å². The van der Waals surface area contributed by atoms with E-state index in [1.807, 2.05) is 0 Å². The number of rotatable bonds is 5. The predicted octanol–water partition coefficient (Wildman–Crippen LogP) is 1.88. The van der Waals surface area contributed by atoms with Crippen LogP contribution in [0.15, 0.2) is 12.2 Å². The summed E-state index contributed by atoms with van der Waals surface area (Å²) in [6.45, 7) is 0.972. The molecule has 3 nitrogen and oxygen atoms in total. The third-order valence-corrected chi connectivity index (χ3v) is 3.56. The van der Waals surface area contributed by atoms with E-state index in [1.165, 1.54) is 20.0 Å². The second kappa shape index (κ2) is 5.48. The van der Waals surface area contributed by atoms with Gasteiger partial charge in [-0.15, -0.1) is 0 Å². The van der Waals surface area contributed by atoms with Crippen molar-refractivity contribution < 1.29 is 9.53 Å². The maximum Gasteiger partial charge on any atom is 0.323 e. The molecule has 0 aromatic rings. The Labute approximate surface area is 97.2 Å². The van der Waals surface area contributed by atoms with E-state index in [9.17, 15) is 4.79 Å². The van der Waals surface area contributed by atoms with Gasteiger partial charge >= 0.3 is 5.97 Å². The van der Waals surface area contributed by atoms with E-state index in [1.54, 1.807) is 0 Å². The van der Waals surface area contributed by atoms with Gasteiger partial charge in [-0.2, -0.15) is 0 Å². The van der Waals surface area contributed by atoms with E-state index in [2.05, 4.69) is 17.5 Å². The Hall–Kier alpha value is -0.830. The van der Waals surface area contributed by atoms with Crippen LogP contribution in [-0.4, -0.2) is 25.7 Å². The highest BCUT2D eigenvalue weighted by Gasteiger charge is 2.31. The van der Waals surface area contributed by atoms with Gasteiger partial charge in [0.2, 0.25) is 0 Å². The summed E-state index contributed by atoms with van der Waals surface area (Å²) < 4.78 is 4.89. The van der Waals surface area contributed by atoms with Crippen LogP contribution >= 0.6 is 0 Å². The molecule has 0 heterocycles. The Morgan fingerprint density at radius 2 is 2.25 bits per heavy atom. The van der Waals surface area contributed by atoms with Crippen molar-refractivity contribution in [3.8, 4) is 0 Å². The van der Waals surface area contributed by atoms with Gasteiger partial charge in [-0.3, -0.25) is 4.79 Å². The van der Waals surface area contributed by atoms with Crippen molar-refractivity contribution in [3.63, 3.8) is 0 Å². The number of hydrogen-bond donors (Lipinski definition) is 1. The van der Waals surface area contributed by atoms with E-state index in [4.69, 9.17) is 4.74 Å². The fourth-order valence-corrected chi connectivity index (χ4v) is 2.30. The van der Waals surface area contributed by atoms with Crippen LogP contribution in [0.2, 0.25) is 0 Å². The first kappa shape index (κ1) is 11.6. The number of hydrogen-bond acceptors (Lipinski definition) is 3. The maximum absolute atomic E-state index is 11.7. The van der Waals surface area contributed by atoms with Gasteiger partial charge in [0.05, 0.1) is 7.11 Å². The molecular formula is C13H21NO2. The third-order valence-electron chi connectivity index (χ3n) is 3.56. The SMILES string of the molecule is COC(=O)C(NCC1CC1)C1CC=CCC1. The first-order valence-electron chi connectivity index (χ1n) is 6.27. The van der Waals surface area contributed by atoms with Gasteiger partial charge < -0.3 is 10.1 Å². The Morgan fingerprint density at radius 3 is 2.81 bits per heavy atom. The van der Waals surface area contributed by atoms with Crippen LogP contribution in [0.5, 0.6) is 0 Å². The molecule has 2 aliphatic rings. The molecule has 0 spiro atoms. The van der Waals surface area contributed by atoms with Crippen LogP contribution < -0.4 is 5.32 Å². The van der Waals surface area contributed by atoms with Crippen molar-refractivity contribution in [2.45, 2.75) is 38.1 Å². The lowest BCUT2D eigenvalue weighted by atomic mass is 9.87. The van der Waals surface area contributed by atoms with E-state index in [0.29, 0.717) is 5.92 Å². The monoisotopic (exact) mass is 223 g/mol. The molecule has 0 bridgehead atoms. The lowest BCUT2D eigenvalue weighted by Gasteiger charge is -2.26. The van der Waals surface area contributed by atoms with Crippen molar-refractivity contribution in [2.75, 3.05) is 13.7 Å². The number of esters is 1. The van der Waals surface area contributed by atoms with Crippen LogP contribution in [0.3, 0.4) is 0 Å². The van der Waals surface area contributed by atoms with E-state index >= 15 is 0 Å². The number of ether oxygens (including phenoxy) is 1. The highest BCUT2D eigenvalue weighted by Crippen LogP contribution is 2.29. The second-order valence-electron chi connectivity index (χ2n) is 4.90. The zero-order valence-corrected chi connectivity index (χ0v) is 9.95. The summed E-state index contributed by atoms with van der Waals surface area (Å²) in [5.74, 6) is 1.11. The smallest absolute Gasteiger partial charge is 0.323 e. The predicted molar refractivity (Wildman–Crippen MR) is 63.0 cm³/mol. The van der Waals surface area contributed by atoms with Crippen LogP contribution in [0.4, 0.5) is 0 Å². The molecule has 1 N–H and O–H groups in total. The molecule has 0 aromatic heterocycles. The molecule has 3 heteroatoms. The van der Waals surface area contributed by atoms with Gasteiger partial charge in [0.1, 0.15) is 6.04 Å². The van der Waals surface area contributed by atoms with Crippen molar-refractivity contribution in [1.29, 1.82) is 0 Å².